The molecular formula is C81H105ClN12O10S3. The third kappa shape index (κ3) is 21.8. The summed E-state index contributed by atoms with van der Waals surface area (Å²) in [5, 5.41) is 33.4. The summed E-state index contributed by atoms with van der Waals surface area (Å²) < 4.78 is 29.6. The molecule has 0 spiro atoms. The van der Waals surface area contributed by atoms with Crippen LogP contribution in [0.2, 0.25) is 5.02 Å². The molecule has 11 rings (SSSR count). The SMILES string of the molecule is Cc1ncsc1-c1ccc([C@H](C)NC(=O)[C@@H]2C[C@@H](O)CN2C(=O)[C@@H](NC(=O)CCCCCCC(=O)N2CCN(CC3(C)CCC(c4ccc(Cl)cc4)=C(CN4CCN(c5ccc(C(=O)NS(=O)(=O)c6ccc(N[C@H](CCN7CCCC7)CSc7ccccc7)c([N+](=O)[O-])c6)cc5)CC4)C3)CC2)C(C)(C)C)cc1. The van der Waals surface area contributed by atoms with Crippen LogP contribution < -0.4 is 25.6 Å². The van der Waals surface area contributed by atoms with E-state index in [-0.39, 0.29) is 70.8 Å². The van der Waals surface area contributed by atoms with E-state index >= 15 is 0 Å². The van der Waals surface area contributed by atoms with E-state index in [1.165, 1.54) is 33.7 Å². The number of benzene rings is 5. The summed E-state index contributed by atoms with van der Waals surface area (Å²) in [5.74, 6) is -1.06. The van der Waals surface area contributed by atoms with Gasteiger partial charge in [0.2, 0.25) is 23.6 Å². The second kappa shape index (κ2) is 36.6. The van der Waals surface area contributed by atoms with Gasteiger partial charge in [-0.2, -0.15) is 0 Å². The number of hydrogen-bond donors (Lipinski definition) is 5. The number of amides is 5. The Morgan fingerprint density at radius 1 is 0.804 bits per heavy atom. The first-order valence-electron chi connectivity index (χ1n) is 37.9. The van der Waals surface area contributed by atoms with E-state index in [0.29, 0.717) is 43.1 Å². The van der Waals surface area contributed by atoms with Gasteiger partial charge in [0.1, 0.15) is 17.8 Å². The van der Waals surface area contributed by atoms with Crippen LogP contribution in [0.15, 0.2) is 142 Å². The average molecular weight is 1540 g/mol. The van der Waals surface area contributed by atoms with E-state index in [0.717, 1.165) is 162 Å². The quantitative estimate of drug-likeness (QED) is 0.0117. The van der Waals surface area contributed by atoms with E-state index < -0.39 is 56.1 Å². The van der Waals surface area contributed by atoms with Gasteiger partial charge in [0.05, 0.1) is 38.0 Å². The summed E-state index contributed by atoms with van der Waals surface area (Å²) >= 11 is 9.64. The fourth-order valence-electron chi connectivity index (χ4n) is 15.5. The number of nitrogens with zero attached hydrogens (tertiary/aromatic N) is 8. The number of carbonyl (C=O) groups excluding carboxylic acids is 5. The molecule has 5 N–H and O–H groups in total. The highest BCUT2D eigenvalue weighted by atomic mass is 35.5. The molecule has 1 aliphatic carbocycles. The van der Waals surface area contributed by atoms with Crippen LogP contribution in [0.1, 0.15) is 151 Å². The number of sulfonamides is 1. The molecule has 0 saturated carbocycles. The van der Waals surface area contributed by atoms with Gasteiger partial charge in [0, 0.05) is 137 Å². The molecule has 5 aromatic carbocycles. The van der Waals surface area contributed by atoms with Crippen LogP contribution in [0, 0.1) is 27.9 Å². The van der Waals surface area contributed by atoms with Crippen LogP contribution in [-0.2, 0) is 29.2 Å². The van der Waals surface area contributed by atoms with E-state index in [9.17, 15) is 47.6 Å². The highest BCUT2D eigenvalue weighted by Crippen LogP contribution is 2.45. The molecule has 1 unspecified atom stereocenters. The first-order chi connectivity index (χ1) is 51.2. The normalized spacial score (nSPS) is 20.0. The molecule has 4 fully saturated rings. The number of aliphatic hydroxyl groups excluding tert-OH is 1. The highest BCUT2D eigenvalue weighted by molar-refractivity contribution is 7.99. The molecule has 22 nitrogen and oxygen atoms in total. The summed E-state index contributed by atoms with van der Waals surface area (Å²) in [5.41, 5.74) is 8.91. The molecule has 4 saturated heterocycles. The zero-order valence-electron chi connectivity index (χ0n) is 62.6. The lowest BCUT2D eigenvalue weighted by Gasteiger charge is -2.44. The Balaban J connectivity index is 0.604. The van der Waals surface area contributed by atoms with Crippen LogP contribution in [0.4, 0.5) is 17.1 Å². The number of carbonyl (C=O) groups is 5. The van der Waals surface area contributed by atoms with Crippen LogP contribution >= 0.6 is 34.7 Å². The average Bonchev–Trinajstić information content (AvgIpc) is 1.79. The maximum atomic E-state index is 14.3. The Hall–Kier alpha value is -7.75. The maximum Gasteiger partial charge on any atom is 0.293 e. The molecule has 107 heavy (non-hydrogen) atoms. The van der Waals surface area contributed by atoms with Gasteiger partial charge in [0.15, 0.2) is 0 Å². The molecule has 574 valence electrons. The minimum absolute atomic E-state index is 0.00808. The lowest BCUT2D eigenvalue weighted by molar-refractivity contribution is -0.384. The van der Waals surface area contributed by atoms with Gasteiger partial charge in [-0.05, 0) is 172 Å². The highest BCUT2D eigenvalue weighted by Gasteiger charge is 2.45. The van der Waals surface area contributed by atoms with Gasteiger partial charge < -0.3 is 40.7 Å². The molecule has 0 bridgehead atoms. The second-order valence-corrected chi connectivity index (χ2v) is 35.1. The van der Waals surface area contributed by atoms with Crippen molar-refractivity contribution in [2.45, 2.75) is 165 Å². The zero-order chi connectivity index (χ0) is 76.0. The van der Waals surface area contributed by atoms with Crippen molar-refractivity contribution >= 4 is 96.9 Å². The Bertz CT molecular complexity index is 4200. The van der Waals surface area contributed by atoms with Crippen LogP contribution in [0.3, 0.4) is 0 Å². The smallest absolute Gasteiger partial charge is 0.293 e. The monoisotopic (exact) mass is 1540 g/mol. The van der Waals surface area contributed by atoms with Crippen LogP contribution in [0.25, 0.3) is 16.0 Å². The molecule has 1 aromatic heterocycles. The number of unbranched alkanes of at least 4 members (excludes halogenated alkanes) is 3. The molecule has 5 aliphatic rings. The number of nitrogens with one attached hydrogen (secondary N) is 4. The van der Waals surface area contributed by atoms with Crippen LogP contribution in [-0.4, -0.2) is 199 Å². The number of hydrogen-bond acceptors (Lipinski definition) is 18. The number of likely N-dealkylation sites (tertiary alicyclic amines) is 2. The number of anilines is 2. The molecule has 0 radical (unpaired) electrons. The summed E-state index contributed by atoms with van der Waals surface area (Å²) in [7, 11) is -4.50. The molecule has 4 aliphatic heterocycles. The zero-order valence-corrected chi connectivity index (χ0v) is 65.8. The number of halogens is 1. The fraction of sp³-hybridized carbons (Fsp3) is 0.506. The first-order valence-corrected chi connectivity index (χ1v) is 41.6. The number of nitro groups is 1. The molecule has 26 heteroatoms. The van der Waals surface area contributed by atoms with E-state index in [1.54, 1.807) is 35.2 Å². The largest absolute Gasteiger partial charge is 0.391 e. The van der Waals surface area contributed by atoms with Gasteiger partial charge in [-0.3, -0.25) is 43.9 Å². The molecule has 6 aromatic rings. The summed E-state index contributed by atoms with van der Waals surface area (Å²) in [6.45, 7) is 22.6. The topological polar surface area (TPSA) is 263 Å². The van der Waals surface area contributed by atoms with Gasteiger partial charge in [-0.15, -0.1) is 23.1 Å². The van der Waals surface area contributed by atoms with Crippen molar-refractivity contribution in [3.05, 3.63) is 170 Å². The van der Waals surface area contributed by atoms with Gasteiger partial charge in [-0.25, -0.2) is 18.1 Å². The summed E-state index contributed by atoms with van der Waals surface area (Å²) in [6, 6.07) is 34.4. The number of allylic oxidation sites excluding steroid dienone is 1. The van der Waals surface area contributed by atoms with Gasteiger partial charge >= 0.3 is 0 Å². The predicted molar refractivity (Wildman–Crippen MR) is 425 cm³/mol. The number of aromatic nitrogens is 1. The van der Waals surface area contributed by atoms with Crippen molar-refractivity contribution in [1.29, 1.82) is 0 Å². The Kier molecular flexibility index (Phi) is 27.5. The number of thioether (sulfide) groups is 1. The first kappa shape index (κ1) is 80.3. The number of β-amino-alcohol motifs (C(OH)–C–C–N with tert-alkyl or cyclic N) is 1. The number of piperazine rings is 2. The standard InChI is InChI=1S/C81H105ClN12O10S3/c1-56(58-20-22-60(23-21-58)75-57(2)83-55-106-75)84-78(99)72-48-66(95)52-93(72)79(100)76(80(3,4)5)86-73(96)18-12-7-8-13-19-74(97)92-46-42-90(43-47-92)54-81(6)36-34-69(59-24-28-63(82)29-25-59)62(50-81)51-89-40-44-91(45-41-89)65-30-26-61(27-31-65)77(98)87-107(103,104)68-32-33-70(71(49-68)94(101)102)85-64(35-39-88-37-14-15-38-88)53-105-67-16-10-9-11-17-67/h9-11,16-17,20-33,49,55-56,64,66,72,76,85,95H,7-8,12-15,18-19,34-48,50-54H2,1-6H3,(H,84,99)(H,86,96)(H,87,98)/t56-,64+,66+,72-,76+,81?/m0/s1. The van der Waals surface area contributed by atoms with E-state index in [4.69, 9.17) is 11.6 Å². The van der Waals surface area contributed by atoms with Crippen molar-refractivity contribution in [2.24, 2.45) is 10.8 Å². The molecule has 6 atom stereocenters. The van der Waals surface area contributed by atoms with Crippen molar-refractivity contribution < 1.29 is 42.4 Å². The Morgan fingerprint density at radius 3 is 2.14 bits per heavy atom. The van der Waals surface area contributed by atoms with Gasteiger partial charge in [-0.1, -0.05) is 112 Å². The Labute approximate surface area is 644 Å². The summed E-state index contributed by atoms with van der Waals surface area (Å²) in [4.78, 5) is 100.0. The second-order valence-electron chi connectivity index (χ2n) is 31.0. The molecule has 5 heterocycles. The maximum absolute atomic E-state index is 14.3. The lowest BCUT2D eigenvalue weighted by atomic mass is 9.71. The minimum Gasteiger partial charge on any atom is -0.391 e. The number of thiazole rings is 1. The number of nitro benzene ring substituents is 1. The van der Waals surface area contributed by atoms with Crippen molar-refractivity contribution in [3.8, 4) is 10.4 Å². The predicted octanol–water partition coefficient (Wildman–Crippen LogP) is 12.5. The fourth-order valence-corrected chi connectivity index (χ4v) is 18.5. The number of aryl methyl sites for hydroxylation is 1. The molecule has 5 amide bonds. The van der Waals surface area contributed by atoms with Gasteiger partial charge in [0.25, 0.3) is 21.6 Å². The molecular weight excluding hydrogens is 1430 g/mol. The van der Waals surface area contributed by atoms with E-state index in [1.807, 2.05) is 124 Å². The van der Waals surface area contributed by atoms with Crippen molar-refractivity contribution in [1.82, 2.24) is 44.8 Å². The van der Waals surface area contributed by atoms with Crippen LogP contribution in [0.5, 0.6) is 0 Å². The third-order valence-corrected chi connectivity index (χ3v) is 25.4. The summed E-state index contributed by atoms with van der Waals surface area (Å²) in [6.07, 6.45) is 8.68. The van der Waals surface area contributed by atoms with E-state index in [2.05, 4.69) is 64.3 Å². The lowest BCUT2D eigenvalue weighted by Crippen LogP contribution is -2.57. The number of rotatable bonds is 31. The van der Waals surface area contributed by atoms with Crippen molar-refractivity contribution in [2.75, 3.05) is 108 Å². The Morgan fingerprint density at radius 2 is 1.48 bits per heavy atom. The minimum atomic E-state index is -4.50. The van der Waals surface area contributed by atoms with Crippen molar-refractivity contribution in [3.63, 3.8) is 0 Å². The third-order valence-electron chi connectivity index (χ3n) is 21.7. The number of aliphatic hydroxyl groups is 1.